The van der Waals surface area contributed by atoms with Gasteiger partial charge in [0.15, 0.2) is 0 Å². The molecule has 1 fully saturated rings. The summed E-state index contributed by atoms with van der Waals surface area (Å²) in [5.41, 5.74) is 0.575. The number of hydrogen-bond acceptors (Lipinski definition) is 1. The first-order valence-electron chi connectivity index (χ1n) is 5.67. The van der Waals surface area contributed by atoms with E-state index in [1.807, 2.05) is 18.2 Å². The minimum atomic E-state index is -0.105. The van der Waals surface area contributed by atoms with Gasteiger partial charge in [0.1, 0.15) is 0 Å². The molecule has 0 aromatic heterocycles. The highest BCUT2D eigenvalue weighted by molar-refractivity contribution is 9.11. The lowest BCUT2D eigenvalue weighted by atomic mass is 9.98. The van der Waals surface area contributed by atoms with Crippen LogP contribution in [0.2, 0.25) is 0 Å². The van der Waals surface area contributed by atoms with Crippen LogP contribution in [0, 0.1) is 5.92 Å². The molecule has 0 radical (unpaired) electrons. The number of carbonyl (C=O) groups excluding carboxylic acids is 1. The number of rotatable bonds is 3. The van der Waals surface area contributed by atoms with E-state index < -0.39 is 0 Å². The fraction of sp³-hybridized carbons (Fsp3) is 0.462. The van der Waals surface area contributed by atoms with Crippen molar-refractivity contribution in [1.82, 2.24) is 5.32 Å². The van der Waals surface area contributed by atoms with Crippen molar-refractivity contribution in [2.75, 3.05) is 0 Å². The smallest absolute Gasteiger partial charge is 0.251 e. The Kier molecular flexibility index (Phi) is 3.64. The molecule has 1 aliphatic carbocycles. The lowest BCUT2D eigenvalue weighted by Gasteiger charge is -2.26. The maximum atomic E-state index is 12.1. The summed E-state index contributed by atoms with van der Waals surface area (Å²) >= 11 is 6.78. The van der Waals surface area contributed by atoms with E-state index >= 15 is 0 Å². The second kappa shape index (κ2) is 4.73. The molecule has 1 N–H and O–H groups in total. The summed E-state index contributed by atoms with van der Waals surface area (Å²) in [7, 11) is 0. The van der Waals surface area contributed by atoms with Crippen molar-refractivity contribution in [1.29, 1.82) is 0 Å². The summed E-state index contributed by atoms with van der Waals surface area (Å²) in [5, 5.41) is 3.11. The molecule has 1 amide bonds. The number of nitrogens with one attached hydrogen (secondary N) is 1. The molecule has 1 aromatic rings. The van der Waals surface area contributed by atoms with Crippen LogP contribution in [0.4, 0.5) is 0 Å². The van der Waals surface area contributed by atoms with E-state index in [2.05, 4.69) is 51.0 Å². The normalized spacial score (nSPS) is 15.8. The van der Waals surface area contributed by atoms with Gasteiger partial charge in [0, 0.05) is 20.0 Å². The Morgan fingerprint density at radius 1 is 1.24 bits per heavy atom. The van der Waals surface area contributed by atoms with Crippen LogP contribution in [0.15, 0.2) is 27.1 Å². The molecule has 0 saturated heterocycles. The average Bonchev–Trinajstić information content (AvgIpc) is 2.98. The maximum Gasteiger partial charge on any atom is 0.251 e. The van der Waals surface area contributed by atoms with Crippen molar-refractivity contribution in [3.63, 3.8) is 0 Å². The van der Waals surface area contributed by atoms with E-state index in [0.717, 1.165) is 8.95 Å². The number of amides is 1. The molecule has 2 rings (SSSR count). The van der Waals surface area contributed by atoms with Gasteiger partial charge in [-0.2, -0.15) is 0 Å². The van der Waals surface area contributed by atoms with Crippen LogP contribution in [-0.4, -0.2) is 11.4 Å². The van der Waals surface area contributed by atoms with E-state index in [4.69, 9.17) is 0 Å². The Morgan fingerprint density at radius 3 is 2.24 bits per heavy atom. The van der Waals surface area contributed by atoms with Gasteiger partial charge < -0.3 is 5.32 Å². The van der Waals surface area contributed by atoms with Crippen LogP contribution in [0.5, 0.6) is 0 Å². The molecule has 0 unspecified atom stereocenters. The van der Waals surface area contributed by atoms with Crippen LogP contribution in [0.25, 0.3) is 0 Å². The molecule has 0 spiro atoms. The second-order valence-electron chi connectivity index (χ2n) is 5.11. The van der Waals surface area contributed by atoms with Crippen molar-refractivity contribution >= 4 is 37.8 Å². The fourth-order valence-electron chi connectivity index (χ4n) is 1.96. The molecular formula is C13H15Br2NO. The van der Waals surface area contributed by atoms with Gasteiger partial charge in [-0.25, -0.2) is 0 Å². The standard InChI is InChI=1S/C13H15Br2NO/c1-13(2,9-3-4-9)16-12(17)8-5-10(14)7-11(15)6-8/h5-7,9H,3-4H2,1-2H3,(H,16,17). The van der Waals surface area contributed by atoms with Crippen LogP contribution >= 0.6 is 31.9 Å². The summed E-state index contributed by atoms with van der Waals surface area (Å²) in [6.45, 7) is 4.19. The highest BCUT2D eigenvalue weighted by atomic mass is 79.9. The van der Waals surface area contributed by atoms with Crippen LogP contribution in [0.1, 0.15) is 37.0 Å². The minimum absolute atomic E-state index is 0.0103. The molecule has 4 heteroatoms. The number of benzene rings is 1. The fourth-order valence-corrected chi connectivity index (χ4v) is 3.25. The van der Waals surface area contributed by atoms with Crippen molar-refractivity contribution in [2.24, 2.45) is 5.92 Å². The largest absolute Gasteiger partial charge is 0.347 e. The molecule has 92 valence electrons. The van der Waals surface area contributed by atoms with Gasteiger partial charge in [0.2, 0.25) is 0 Å². The van der Waals surface area contributed by atoms with Crippen LogP contribution in [0.3, 0.4) is 0 Å². The SMILES string of the molecule is CC(C)(NC(=O)c1cc(Br)cc(Br)c1)C1CC1. The summed E-state index contributed by atoms with van der Waals surface area (Å²) in [6, 6.07) is 5.59. The number of halogens is 2. The zero-order valence-corrected chi connectivity index (χ0v) is 13.1. The van der Waals surface area contributed by atoms with Gasteiger partial charge >= 0.3 is 0 Å². The minimum Gasteiger partial charge on any atom is -0.347 e. The van der Waals surface area contributed by atoms with E-state index in [9.17, 15) is 4.79 Å². The Hall–Kier alpha value is -0.350. The zero-order valence-electron chi connectivity index (χ0n) is 9.89. The summed E-state index contributed by atoms with van der Waals surface area (Å²) in [5.74, 6) is 0.617. The quantitative estimate of drug-likeness (QED) is 0.862. The molecule has 0 aliphatic heterocycles. The van der Waals surface area contributed by atoms with Crippen molar-refractivity contribution in [3.8, 4) is 0 Å². The molecule has 0 atom stereocenters. The third kappa shape index (κ3) is 3.32. The van der Waals surface area contributed by atoms with Crippen molar-refractivity contribution in [2.45, 2.75) is 32.2 Å². The summed E-state index contributed by atoms with van der Waals surface area (Å²) in [4.78, 5) is 12.1. The summed E-state index contributed by atoms with van der Waals surface area (Å²) < 4.78 is 1.81. The Labute approximate surface area is 118 Å². The van der Waals surface area contributed by atoms with Gasteiger partial charge in [-0.3, -0.25) is 4.79 Å². The van der Waals surface area contributed by atoms with Crippen LogP contribution in [-0.2, 0) is 0 Å². The number of carbonyl (C=O) groups is 1. The average molecular weight is 361 g/mol. The predicted molar refractivity (Wildman–Crippen MR) is 76.1 cm³/mol. The molecule has 1 saturated carbocycles. The molecule has 0 bridgehead atoms. The lowest BCUT2D eigenvalue weighted by Crippen LogP contribution is -2.45. The van der Waals surface area contributed by atoms with E-state index in [1.165, 1.54) is 12.8 Å². The van der Waals surface area contributed by atoms with E-state index in [0.29, 0.717) is 11.5 Å². The first-order valence-corrected chi connectivity index (χ1v) is 7.26. The Morgan fingerprint density at radius 2 is 1.76 bits per heavy atom. The Bertz CT molecular complexity index is 432. The molecule has 2 nitrogen and oxygen atoms in total. The van der Waals surface area contributed by atoms with E-state index in [-0.39, 0.29) is 11.4 Å². The molecule has 17 heavy (non-hydrogen) atoms. The maximum absolute atomic E-state index is 12.1. The zero-order chi connectivity index (χ0) is 12.6. The highest BCUT2D eigenvalue weighted by Gasteiger charge is 2.38. The predicted octanol–water partition coefficient (Wildman–Crippen LogP) is 4.13. The van der Waals surface area contributed by atoms with Crippen LogP contribution < -0.4 is 5.32 Å². The van der Waals surface area contributed by atoms with E-state index in [1.54, 1.807) is 0 Å². The summed E-state index contributed by atoms with van der Waals surface area (Å²) in [6.07, 6.45) is 2.44. The third-order valence-electron chi connectivity index (χ3n) is 3.16. The Balaban J connectivity index is 2.14. The van der Waals surface area contributed by atoms with Gasteiger partial charge in [-0.15, -0.1) is 0 Å². The topological polar surface area (TPSA) is 29.1 Å². The monoisotopic (exact) mass is 359 g/mol. The molecule has 1 aliphatic rings. The van der Waals surface area contributed by atoms with Gasteiger partial charge in [0.25, 0.3) is 5.91 Å². The molecule has 0 heterocycles. The second-order valence-corrected chi connectivity index (χ2v) is 6.94. The van der Waals surface area contributed by atoms with Gasteiger partial charge in [-0.1, -0.05) is 31.9 Å². The molecular weight excluding hydrogens is 346 g/mol. The van der Waals surface area contributed by atoms with Gasteiger partial charge in [0.05, 0.1) is 0 Å². The third-order valence-corrected chi connectivity index (χ3v) is 4.07. The number of hydrogen-bond donors (Lipinski definition) is 1. The first-order chi connectivity index (χ1) is 7.88. The first kappa shape index (κ1) is 13.1. The lowest BCUT2D eigenvalue weighted by molar-refractivity contribution is 0.0903. The van der Waals surface area contributed by atoms with Gasteiger partial charge in [-0.05, 0) is 50.8 Å². The van der Waals surface area contributed by atoms with Crippen molar-refractivity contribution in [3.05, 3.63) is 32.7 Å². The molecule has 1 aromatic carbocycles. The highest BCUT2D eigenvalue weighted by Crippen LogP contribution is 2.39. The van der Waals surface area contributed by atoms with Crippen molar-refractivity contribution < 1.29 is 4.79 Å².